The second-order valence-corrected chi connectivity index (χ2v) is 8.24. The summed E-state index contributed by atoms with van der Waals surface area (Å²) in [4.78, 5) is 24.9. The first-order valence-electron chi connectivity index (χ1n) is 9.44. The van der Waals surface area contributed by atoms with Crippen LogP contribution in [0.25, 0.3) is 5.82 Å². The average Bonchev–Trinajstić information content (AvgIpc) is 2.98. The number of hydrogen-bond acceptors (Lipinski definition) is 5. The predicted octanol–water partition coefficient (Wildman–Crippen LogP) is 5.54. The third-order valence-corrected chi connectivity index (χ3v) is 4.68. The van der Waals surface area contributed by atoms with Crippen LogP contribution in [0.5, 0.6) is 5.75 Å². The van der Waals surface area contributed by atoms with E-state index in [0.717, 1.165) is 13.0 Å². The summed E-state index contributed by atoms with van der Waals surface area (Å²) in [6.45, 7) is 5.35. The van der Waals surface area contributed by atoms with Crippen LogP contribution in [-0.4, -0.2) is 33.5 Å². The number of pyridine rings is 1. The molecule has 0 bridgehead atoms. The summed E-state index contributed by atoms with van der Waals surface area (Å²) >= 11 is 6.49. The summed E-state index contributed by atoms with van der Waals surface area (Å²) in [5.74, 6) is -1.59. The van der Waals surface area contributed by atoms with Gasteiger partial charge in [-0.15, -0.1) is 0 Å². The zero-order valence-electron chi connectivity index (χ0n) is 18.1. The van der Waals surface area contributed by atoms with E-state index in [2.05, 4.69) is 14.7 Å². The molecule has 0 radical (unpaired) electrons. The minimum absolute atomic E-state index is 0.0430. The van der Waals surface area contributed by atoms with E-state index in [0.29, 0.717) is 17.9 Å². The second-order valence-electron chi connectivity index (χ2n) is 7.88. The quantitative estimate of drug-likeness (QED) is 0.504. The molecule has 2 aromatic rings. The molecule has 0 aromatic carbocycles. The van der Waals surface area contributed by atoms with Crippen molar-refractivity contribution in [2.24, 2.45) is 5.92 Å². The fraction of sp³-hybridized carbons (Fsp3) is 0.550. The van der Waals surface area contributed by atoms with E-state index in [1.165, 1.54) is 10.8 Å². The lowest BCUT2D eigenvalue weighted by Crippen LogP contribution is -2.22. The Bertz CT molecular complexity index is 949. The largest absolute Gasteiger partial charge is 0.431 e. The van der Waals surface area contributed by atoms with Gasteiger partial charge < -0.3 is 4.74 Å². The Morgan fingerprint density at radius 3 is 2.22 bits per heavy atom. The van der Waals surface area contributed by atoms with Crippen LogP contribution in [-0.2, 0) is 27.8 Å². The van der Waals surface area contributed by atoms with Crippen LogP contribution in [0, 0.1) is 5.92 Å². The van der Waals surface area contributed by atoms with Crippen molar-refractivity contribution in [1.29, 1.82) is 0 Å². The molecule has 1 atom stereocenters. The molecular formula is C20H23ClF5N3O3. The van der Waals surface area contributed by atoms with Crippen LogP contribution in [0.15, 0.2) is 12.3 Å². The number of aryl methyl sites for hydroxylation is 1. The van der Waals surface area contributed by atoms with Gasteiger partial charge in [0.2, 0.25) is 0 Å². The van der Waals surface area contributed by atoms with Crippen molar-refractivity contribution in [3.05, 3.63) is 34.5 Å². The Hall–Kier alpha value is -2.52. The lowest BCUT2D eigenvalue weighted by atomic mass is 9.93. The summed E-state index contributed by atoms with van der Waals surface area (Å²) in [5.41, 5.74) is 0.257. The maximum absolute atomic E-state index is 13.0. The highest BCUT2D eigenvalue weighted by Gasteiger charge is 2.36. The number of carbonyl (C=O) groups excluding carboxylic acids is 2. The van der Waals surface area contributed by atoms with Crippen molar-refractivity contribution >= 4 is 17.8 Å². The van der Waals surface area contributed by atoms with Gasteiger partial charge in [-0.2, -0.15) is 31.5 Å². The Balaban J connectivity index is 0.00000161. The van der Waals surface area contributed by atoms with Crippen molar-refractivity contribution in [3.63, 3.8) is 0 Å². The zero-order chi connectivity index (χ0) is 24.9. The van der Waals surface area contributed by atoms with Crippen LogP contribution >= 0.6 is 11.6 Å². The third kappa shape index (κ3) is 7.00. The van der Waals surface area contributed by atoms with Crippen molar-refractivity contribution in [2.75, 3.05) is 0 Å². The van der Waals surface area contributed by atoms with Crippen LogP contribution in [0.3, 0.4) is 0 Å². The lowest BCUT2D eigenvalue weighted by molar-refractivity contribution is -0.191. The molecule has 178 valence electrons. The number of hydrogen-bond donors (Lipinski definition) is 0. The smallest absolute Gasteiger partial charge is 0.391 e. The first-order valence-corrected chi connectivity index (χ1v) is 9.82. The summed E-state index contributed by atoms with van der Waals surface area (Å²) in [5, 5.41) is 0.192. The van der Waals surface area contributed by atoms with Gasteiger partial charge >= 0.3 is 18.9 Å². The number of ether oxygens (including phenoxy) is 1. The van der Waals surface area contributed by atoms with Crippen molar-refractivity contribution in [2.45, 2.75) is 65.7 Å². The molecule has 2 aromatic heterocycles. The van der Waals surface area contributed by atoms with Crippen LogP contribution in [0.1, 0.15) is 51.7 Å². The molecule has 0 saturated carbocycles. The number of nitrogens with zero attached hydrogens (tertiary/aromatic N) is 3. The van der Waals surface area contributed by atoms with Crippen LogP contribution in [0.4, 0.5) is 22.0 Å². The average molecular weight is 484 g/mol. The zero-order valence-corrected chi connectivity index (χ0v) is 18.8. The van der Waals surface area contributed by atoms with E-state index >= 15 is 0 Å². The monoisotopic (exact) mass is 483 g/mol. The van der Waals surface area contributed by atoms with Gasteiger partial charge in [0.05, 0.1) is 11.6 Å². The van der Waals surface area contributed by atoms with Crippen molar-refractivity contribution in [3.8, 4) is 11.6 Å². The number of imidazole rings is 1. The molecule has 2 heterocycles. The maximum Gasteiger partial charge on any atom is 0.391 e. The molecule has 0 N–H and O–H groups in total. The maximum atomic E-state index is 13.0. The molecule has 0 saturated heterocycles. The molecule has 0 aliphatic rings. The Labute approximate surface area is 186 Å². The first-order chi connectivity index (χ1) is 14.7. The molecule has 32 heavy (non-hydrogen) atoms. The highest BCUT2D eigenvalue weighted by atomic mass is 35.5. The van der Waals surface area contributed by atoms with Gasteiger partial charge in [0, 0.05) is 18.0 Å². The van der Waals surface area contributed by atoms with E-state index in [1.54, 1.807) is 0 Å². The highest BCUT2D eigenvalue weighted by molar-refractivity contribution is 6.30. The van der Waals surface area contributed by atoms with Crippen LogP contribution < -0.4 is 4.74 Å². The predicted molar refractivity (Wildman–Crippen MR) is 105 cm³/mol. The van der Waals surface area contributed by atoms with Gasteiger partial charge in [0.1, 0.15) is 11.0 Å². The first kappa shape index (κ1) is 27.5. The molecule has 2 rings (SSSR count). The number of alkyl halides is 5. The molecule has 6 nitrogen and oxygen atoms in total. The second kappa shape index (κ2) is 10.9. The van der Waals surface area contributed by atoms with Crippen LogP contribution in [0.2, 0.25) is 5.15 Å². The molecule has 0 spiro atoms. The minimum Gasteiger partial charge on any atom is -0.431 e. The molecule has 0 amide bonds. The Morgan fingerprint density at radius 1 is 1.22 bits per heavy atom. The molecule has 0 fully saturated rings. The van der Waals surface area contributed by atoms with Gasteiger partial charge in [-0.25, -0.2) is 9.97 Å². The van der Waals surface area contributed by atoms with Gasteiger partial charge in [-0.1, -0.05) is 46.2 Å². The van der Waals surface area contributed by atoms with Gasteiger partial charge in [-0.05, 0) is 18.1 Å². The molecule has 0 aliphatic heterocycles. The fourth-order valence-corrected chi connectivity index (χ4v) is 3.29. The molecule has 1 unspecified atom stereocenters. The van der Waals surface area contributed by atoms with Gasteiger partial charge in [-0.3, -0.25) is 4.57 Å². The van der Waals surface area contributed by atoms with Crippen molar-refractivity contribution < 1.29 is 36.3 Å². The summed E-state index contributed by atoms with van der Waals surface area (Å²) in [6, 6.07) is 1.14. The highest BCUT2D eigenvalue weighted by Crippen LogP contribution is 2.36. The topological polar surface area (TPSA) is 74.1 Å². The lowest BCUT2D eigenvalue weighted by Gasteiger charge is -2.18. The van der Waals surface area contributed by atoms with Gasteiger partial charge in [0.25, 0.3) is 0 Å². The molecular weight excluding hydrogens is 461 g/mol. The third-order valence-electron chi connectivity index (χ3n) is 4.34. The Morgan fingerprint density at radius 2 is 1.78 bits per heavy atom. The summed E-state index contributed by atoms with van der Waals surface area (Å²) < 4.78 is 70.5. The number of halogens is 6. The number of rotatable bonds is 6. The molecule has 0 aliphatic carbocycles. The number of aromatic nitrogens is 3. The molecule has 12 heteroatoms. The van der Waals surface area contributed by atoms with E-state index in [-0.39, 0.29) is 28.4 Å². The normalized spacial score (nSPS) is 12.8. The van der Waals surface area contributed by atoms with E-state index in [9.17, 15) is 22.0 Å². The van der Waals surface area contributed by atoms with E-state index < -0.39 is 30.5 Å². The minimum atomic E-state index is -4.41. The van der Waals surface area contributed by atoms with E-state index in [4.69, 9.17) is 21.2 Å². The Kier molecular flexibility index (Phi) is 9.35. The SMILES string of the molecule is CCc1nc(C(C)(C)C)c(Cl)n1-c1ncc(CC(C)C(F)(F)F)cc1OC(F)F.O=C=O. The summed E-state index contributed by atoms with van der Waals surface area (Å²) in [6.07, 6.45) is -2.93. The van der Waals surface area contributed by atoms with Crippen molar-refractivity contribution in [1.82, 2.24) is 14.5 Å². The fourth-order valence-electron chi connectivity index (χ4n) is 2.78. The summed E-state index contributed by atoms with van der Waals surface area (Å²) in [7, 11) is 0. The van der Waals surface area contributed by atoms with Gasteiger partial charge in [0.15, 0.2) is 11.6 Å². The van der Waals surface area contributed by atoms with E-state index in [1.807, 2.05) is 27.7 Å². The standard InChI is InChI=1S/C19H23ClF5N3O.CO2/c1-6-13-27-14(18(3,4)5)15(20)28(13)16-12(29-17(21)22)8-11(9-26-16)7-10(2)19(23,24)25;2-1-3/h8-10,17H,6-7H2,1-5H3;.